The molecular formula is C24H18N6O2S3. The third kappa shape index (κ3) is 5.11. The molecule has 0 saturated carbocycles. The number of carbonyl (C=O) groups excluding carboxylic acids is 2. The van der Waals surface area contributed by atoms with E-state index in [4.69, 9.17) is 5.73 Å². The zero-order chi connectivity index (χ0) is 24.2. The van der Waals surface area contributed by atoms with Gasteiger partial charge in [0.25, 0.3) is 0 Å². The molecule has 0 bridgehead atoms. The van der Waals surface area contributed by atoms with Gasteiger partial charge in [0.1, 0.15) is 0 Å². The lowest BCUT2D eigenvalue weighted by Gasteiger charge is -2.24. The third-order valence-electron chi connectivity index (χ3n) is 5.00. The molecule has 0 radical (unpaired) electrons. The van der Waals surface area contributed by atoms with Crippen LogP contribution in [0, 0.1) is 0 Å². The molecule has 2 amide bonds. The van der Waals surface area contributed by atoms with Crippen LogP contribution in [0.2, 0.25) is 0 Å². The normalized spacial score (nSPS) is 11.1. The fourth-order valence-electron chi connectivity index (χ4n) is 3.57. The molecule has 0 unspecified atom stereocenters. The number of benzene rings is 2. The van der Waals surface area contributed by atoms with Crippen molar-refractivity contribution >= 4 is 79.9 Å². The minimum atomic E-state index is -0.419. The number of anilines is 2. The largest absolute Gasteiger partial charge is 0.369 e. The number of hydrogen-bond donors (Lipinski definition) is 1. The highest BCUT2D eigenvalue weighted by molar-refractivity contribution is 8.03. The molecule has 0 saturated heterocycles. The fourth-order valence-corrected chi connectivity index (χ4v) is 6.18. The Bertz CT molecular complexity index is 1450. The number of primary amides is 1. The second kappa shape index (κ2) is 10.4. The maximum absolute atomic E-state index is 13.8. The predicted molar refractivity (Wildman–Crippen MR) is 141 cm³/mol. The summed E-state index contributed by atoms with van der Waals surface area (Å²) in [6.45, 7) is 0. The molecule has 174 valence electrons. The number of para-hydroxylation sites is 2. The van der Waals surface area contributed by atoms with Gasteiger partial charge in [0, 0.05) is 23.2 Å². The van der Waals surface area contributed by atoms with Crippen molar-refractivity contribution in [3.05, 3.63) is 73.1 Å². The first kappa shape index (κ1) is 23.2. The van der Waals surface area contributed by atoms with Crippen LogP contribution in [0.25, 0.3) is 21.8 Å². The number of carbonyl (C=O) groups is 2. The van der Waals surface area contributed by atoms with E-state index in [2.05, 4.69) is 20.2 Å². The van der Waals surface area contributed by atoms with Crippen LogP contribution < -0.4 is 10.6 Å². The van der Waals surface area contributed by atoms with E-state index in [-0.39, 0.29) is 17.4 Å². The van der Waals surface area contributed by atoms with Gasteiger partial charge < -0.3 is 5.73 Å². The van der Waals surface area contributed by atoms with Gasteiger partial charge in [-0.25, -0.2) is 0 Å². The number of nitrogens with zero attached hydrogens (tertiary/aromatic N) is 5. The van der Waals surface area contributed by atoms with Crippen LogP contribution in [0.4, 0.5) is 11.4 Å². The first-order chi connectivity index (χ1) is 17.1. The van der Waals surface area contributed by atoms with Crippen LogP contribution in [0.15, 0.2) is 81.7 Å². The molecule has 2 N–H and O–H groups in total. The molecule has 3 heterocycles. The monoisotopic (exact) mass is 518 g/mol. The Balaban J connectivity index is 1.50. The van der Waals surface area contributed by atoms with Gasteiger partial charge in [-0.2, -0.15) is 0 Å². The topological polar surface area (TPSA) is 115 Å². The molecule has 8 nitrogen and oxygen atoms in total. The van der Waals surface area contributed by atoms with Crippen LogP contribution in [0.1, 0.15) is 0 Å². The van der Waals surface area contributed by atoms with Crippen molar-refractivity contribution in [1.29, 1.82) is 0 Å². The molecule has 0 spiro atoms. The second-order valence-corrected chi connectivity index (χ2v) is 10.7. The van der Waals surface area contributed by atoms with Crippen molar-refractivity contribution < 1.29 is 9.59 Å². The van der Waals surface area contributed by atoms with Crippen molar-refractivity contribution in [3.63, 3.8) is 0 Å². The molecule has 35 heavy (non-hydrogen) atoms. The number of amides is 2. The van der Waals surface area contributed by atoms with Crippen LogP contribution in [-0.4, -0.2) is 43.5 Å². The number of nitrogens with two attached hydrogens (primary N) is 1. The van der Waals surface area contributed by atoms with Gasteiger partial charge in [0.2, 0.25) is 11.8 Å². The molecule has 3 aromatic heterocycles. The van der Waals surface area contributed by atoms with E-state index >= 15 is 0 Å². The first-order valence-corrected chi connectivity index (χ1v) is 13.3. The molecule has 5 rings (SSSR count). The van der Waals surface area contributed by atoms with Crippen molar-refractivity contribution in [2.75, 3.05) is 16.4 Å². The summed E-state index contributed by atoms with van der Waals surface area (Å²) in [7, 11) is 0. The van der Waals surface area contributed by atoms with E-state index in [0.29, 0.717) is 20.1 Å². The fraction of sp³-hybridized carbons (Fsp3) is 0.0833. The van der Waals surface area contributed by atoms with Gasteiger partial charge in [-0.15, -0.1) is 10.2 Å². The summed E-state index contributed by atoms with van der Waals surface area (Å²) in [4.78, 5) is 35.6. The standard InChI is InChI=1S/C24H18N6O2S3/c25-19(31)13-33-23-28-29-24(35-23)34-14-20(32)30(17-9-1-5-15-7-3-11-26-21(15)17)18-10-2-6-16-8-4-12-27-22(16)18/h1-12H,13-14H2,(H2,25,31). The van der Waals surface area contributed by atoms with E-state index < -0.39 is 5.91 Å². The Morgan fingerprint density at radius 3 is 1.83 bits per heavy atom. The molecule has 0 atom stereocenters. The van der Waals surface area contributed by atoms with Gasteiger partial charge in [-0.05, 0) is 24.3 Å². The van der Waals surface area contributed by atoms with Gasteiger partial charge in [-0.3, -0.25) is 24.5 Å². The molecule has 5 aromatic rings. The highest BCUT2D eigenvalue weighted by atomic mass is 32.2. The Labute approximate surface area is 213 Å². The highest BCUT2D eigenvalue weighted by Crippen LogP contribution is 2.36. The Morgan fingerprint density at radius 2 is 1.29 bits per heavy atom. The maximum atomic E-state index is 13.8. The molecule has 0 aliphatic carbocycles. The molecule has 0 aliphatic rings. The minimum Gasteiger partial charge on any atom is -0.369 e. The summed E-state index contributed by atoms with van der Waals surface area (Å²) in [5, 5.41) is 10.1. The van der Waals surface area contributed by atoms with Crippen molar-refractivity contribution in [1.82, 2.24) is 20.2 Å². The Morgan fingerprint density at radius 1 is 0.771 bits per heavy atom. The number of fused-ring (bicyclic) bond motifs is 2. The summed E-state index contributed by atoms with van der Waals surface area (Å²) in [6, 6.07) is 19.2. The quantitative estimate of drug-likeness (QED) is 0.295. The lowest BCUT2D eigenvalue weighted by Crippen LogP contribution is -2.28. The molecule has 0 fully saturated rings. The van der Waals surface area contributed by atoms with Crippen LogP contribution in [0.5, 0.6) is 0 Å². The van der Waals surface area contributed by atoms with Crippen molar-refractivity contribution in [3.8, 4) is 0 Å². The number of rotatable bonds is 8. The van der Waals surface area contributed by atoms with E-state index in [1.807, 2.05) is 60.7 Å². The van der Waals surface area contributed by atoms with Crippen LogP contribution in [0.3, 0.4) is 0 Å². The number of thioether (sulfide) groups is 2. The average molecular weight is 519 g/mol. The molecule has 2 aromatic carbocycles. The van der Waals surface area contributed by atoms with Gasteiger partial charge in [-0.1, -0.05) is 71.3 Å². The van der Waals surface area contributed by atoms with Gasteiger partial charge in [0.05, 0.1) is 33.9 Å². The minimum absolute atomic E-state index is 0.127. The highest BCUT2D eigenvalue weighted by Gasteiger charge is 2.24. The summed E-state index contributed by atoms with van der Waals surface area (Å²) in [6.07, 6.45) is 3.44. The Kier molecular flexibility index (Phi) is 6.89. The second-order valence-electron chi connectivity index (χ2n) is 7.31. The maximum Gasteiger partial charge on any atom is 0.242 e. The average Bonchev–Trinajstić information content (AvgIpc) is 3.35. The van der Waals surface area contributed by atoms with Crippen molar-refractivity contribution in [2.45, 2.75) is 8.68 Å². The van der Waals surface area contributed by atoms with Gasteiger partial charge >= 0.3 is 0 Å². The SMILES string of the molecule is NC(=O)CSc1nnc(SCC(=O)N(c2cccc3cccnc23)c2cccc3cccnc23)s1. The lowest BCUT2D eigenvalue weighted by atomic mass is 10.1. The summed E-state index contributed by atoms with van der Waals surface area (Å²) < 4.78 is 1.27. The van der Waals surface area contributed by atoms with Crippen molar-refractivity contribution in [2.24, 2.45) is 5.73 Å². The molecule has 11 heteroatoms. The zero-order valence-electron chi connectivity index (χ0n) is 18.2. The van der Waals surface area contributed by atoms with E-state index in [9.17, 15) is 9.59 Å². The zero-order valence-corrected chi connectivity index (χ0v) is 20.6. The summed E-state index contributed by atoms with van der Waals surface area (Å²) in [5.74, 6) is -0.305. The lowest BCUT2D eigenvalue weighted by molar-refractivity contribution is -0.116. The number of pyridine rings is 2. The molecule has 0 aliphatic heterocycles. The van der Waals surface area contributed by atoms with E-state index in [1.54, 1.807) is 17.3 Å². The number of aromatic nitrogens is 4. The number of hydrogen-bond acceptors (Lipinski definition) is 9. The summed E-state index contributed by atoms with van der Waals surface area (Å²) in [5.41, 5.74) is 8.01. The predicted octanol–water partition coefficient (Wildman–Crippen LogP) is 4.67. The summed E-state index contributed by atoms with van der Waals surface area (Å²) >= 11 is 3.85. The van der Waals surface area contributed by atoms with Crippen LogP contribution in [-0.2, 0) is 9.59 Å². The first-order valence-electron chi connectivity index (χ1n) is 10.5. The van der Waals surface area contributed by atoms with Crippen LogP contribution >= 0.6 is 34.9 Å². The van der Waals surface area contributed by atoms with E-state index in [0.717, 1.165) is 21.8 Å². The smallest absolute Gasteiger partial charge is 0.242 e. The third-order valence-corrected chi connectivity index (χ3v) is 8.20. The van der Waals surface area contributed by atoms with E-state index in [1.165, 1.54) is 34.9 Å². The molecular weight excluding hydrogens is 501 g/mol. The Hall–Kier alpha value is -3.54. The van der Waals surface area contributed by atoms with Gasteiger partial charge in [0.15, 0.2) is 8.68 Å².